The summed E-state index contributed by atoms with van der Waals surface area (Å²) in [5.41, 5.74) is 2.00. The molecule has 7 nitrogen and oxygen atoms in total. The van der Waals surface area contributed by atoms with E-state index in [9.17, 15) is 9.90 Å². The topological polar surface area (TPSA) is 93.4 Å². The first-order chi connectivity index (χ1) is 13.0. The fourth-order valence-electron chi connectivity index (χ4n) is 3.21. The molecular formula is C20H23N5O2. The molecule has 0 bridgehead atoms. The van der Waals surface area contributed by atoms with Crippen LogP contribution in [0.4, 0.5) is 5.82 Å². The quantitative estimate of drug-likeness (QED) is 0.891. The van der Waals surface area contributed by atoms with Crippen molar-refractivity contribution in [2.45, 2.75) is 26.2 Å². The van der Waals surface area contributed by atoms with Crippen LogP contribution in [0.5, 0.6) is 5.75 Å². The number of anilines is 1. The number of phenols is 1. The van der Waals surface area contributed by atoms with Gasteiger partial charge in [0.25, 0.3) is 0 Å². The highest BCUT2D eigenvalue weighted by atomic mass is 16.3. The standard InChI is InChI=1S/C20H23N5O2/c1-14(2)17-5-3-15(11-18(17)26)12-20(27)25-9-7-24(8-10-25)19-6-4-16(13-21)22-23-19/h3-6,11,14,26H,7-10,12H2,1-2H3. The highest BCUT2D eigenvalue weighted by Crippen LogP contribution is 2.26. The summed E-state index contributed by atoms with van der Waals surface area (Å²) in [5, 5.41) is 26.8. The Morgan fingerprint density at radius 2 is 1.93 bits per heavy atom. The summed E-state index contributed by atoms with van der Waals surface area (Å²) < 4.78 is 0. The van der Waals surface area contributed by atoms with Gasteiger partial charge < -0.3 is 14.9 Å². The van der Waals surface area contributed by atoms with E-state index in [1.807, 2.05) is 36.9 Å². The maximum atomic E-state index is 12.6. The molecular weight excluding hydrogens is 342 g/mol. The number of amides is 1. The Labute approximate surface area is 158 Å². The molecule has 140 valence electrons. The van der Waals surface area contributed by atoms with Crippen LogP contribution in [0.25, 0.3) is 0 Å². The molecule has 1 aromatic heterocycles. The molecule has 0 atom stereocenters. The van der Waals surface area contributed by atoms with Crippen LogP contribution in [-0.4, -0.2) is 52.3 Å². The molecule has 0 spiro atoms. The molecule has 7 heteroatoms. The summed E-state index contributed by atoms with van der Waals surface area (Å²) in [5.74, 6) is 1.26. The van der Waals surface area contributed by atoms with Crippen molar-refractivity contribution in [1.82, 2.24) is 15.1 Å². The van der Waals surface area contributed by atoms with Crippen LogP contribution in [0.15, 0.2) is 30.3 Å². The number of rotatable bonds is 4. The number of nitrogens with zero attached hydrogens (tertiary/aromatic N) is 5. The highest BCUT2D eigenvalue weighted by molar-refractivity contribution is 5.79. The molecule has 1 aliphatic heterocycles. The number of piperazine rings is 1. The second-order valence-electron chi connectivity index (χ2n) is 6.98. The van der Waals surface area contributed by atoms with Crippen molar-refractivity contribution in [3.63, 3.8) is 0 Å². The number of carbonyl (C=O) groups excluding carboxylic acids is 1. The molecule has 1 aromatic carbocycles. The molecule has 0 unspecified atom stereocenters. The van der Waals surface area contributed by atoms with Gasteiger partial charge >= 0.3 is 0 Å². The zero-order valence-corrected chi connectivity index (χ0v) is 15.6. The van der Waals surface area contributed by atoms with Crippen LogP contribution < -0.4 is 4.90 Å². The minimum Gasteiger partial charge on any atom is -0.508 e. The Morgan fingerprint density at radius 1 is 1.19 bits per heavy atom. The first kappa shape index (κ1) is 18.6. The van der Waals surface area contributed by atoms with E-state index in [1.54, 1.807) is 18.2 Å². The third kappa shape index (κ3) is 4.34. The SMILES string of the molecule is CC(C)c1ccc(CC(=O)N2CCN(c3ccc(C#N)nn3)CC2)cc1O. The Morgan fingerprint density at radius 3 is 2.48 bits per heavy atom. The van der Waals surface area contributed by atoms with Crippen LogP contribution in [-0.2, 0) is 11.2 Å². The van der Waals surface area contributed by atoms with E-state index < -0.39 is 0 Å². The normalized spacial score (nSPS) is 14.3. The van der Waals surface area contributed by atoms with E-state index in [1.165, 1.54) is 0 Å². The predicted molar refractivity (Wildman–Crippen MR) is 101 cm³/mol. The molecule has 0 radical (unpaired) electrons. The van der Waals surface area contributed by atoms with E-state index >= 15 is 0 Å². The summed E-state index contributed by atoms with van der Waals surface area (Å²) in [6.45, 7) is 6.61. The molecule has 0 aliphatic carbocycles. The van der Waals surface area contributed by atoms with E-state index in [0.29, 0.717) is 31.9 Å². The average Bonchev–Trinajstić information content (AvgIpc) is 2.68. The summed E-state index contributed by atoms with van der Waals surface area (Å²) in [6, 6.07) is 10.9. The van der Waals surface area contributed by atoms with Gasteiger partial charge in [-0.15, -0.1) is 10.2 Å². The first-order valence-corrected chi connectivity index (χ1v) is 9.06. The molecule has 27 heavy (non-hydrogen) atoms. The lowest BCUT2D eigenvalue weighted by Crippen LogP contribution is -2.49. The van der Waals surface area contributed by atoms with Gasteiger partial charge in [-0.25, -0.2) is 0 Å². The lowest BCUT2D eigenvalue weighted by molar-refractivity contribution is -0.130. The molecule has 2 heterocycles. The minimum absolute atomic E-state index is 0.0530. The Balaban J connectivity index is 1.57. The molecule has 3 rings (SSSR count). The van der Waals surface area contributed by atoms with E-state index in [0.717, 1.165) is 16.9 Å². The molecule has 1 saturated heterocycles. The summed E-state index contributed by atoms with van der Waals surface area (Å²) in [4.78, 5) is 16.5. The zero-order valence-electron chi connectivity index (χ0n) is 15.6. The molecule has 1 aliphatic rings. The van der Waals surface area contributed by atoms with Gasteiger partial charge in [0.05, 0.1) is 6.42 Å². The van der Waals surface area contributed by atoms with E-state index in [2.05, 4.69) is 15.1 Å². The maximum absolute atomic E-state index is 12.6. The molecule has 1 fully saturated rings. The monoisotopic (exact) mass is 365 g/mol. The number of nitriles is 1. The summed E-state index contributed by atoms with van der Waals surface area (Å²) in [6.07, 6.45) is 0.280. The third-order valence-electron chi connectivity index (χ3n) is 4.79. The number of aromatic nitrogens is 2. The van der Waals surface area contributed by atoms with Gasteiger partial charge in [0.15, 0.2) is 11.5 Å². The van der Waals surface area contributed by atoms with Crippen molar-refractivity contribution >= 4 is 11.7 Å². The number of hydrogen-bond acceptors (Lipinski definition) is 6. The fraction of sp³-hybridized carbons (Fsp3) is 0.400. The lowest BCUT2D eigenvalue weighted by atomic mass is 9.99. The van der Waals surface area contributed by atoms with Crippen LogP contribution in [0.2, 0.25) is 0 Å². The predicted octanol–water partition coefficient (Wildman–Crippen LogP) is 2.07. The Kier molecular flexibility index (Phi) is 5.55. The average molecular weight is 365 g/mol. The summed E-state index contributed by atoms with van der Waals surface area (Å²) in [7, 11) is 0. The second-order valence-corrected chi connectivity index (χ2v) is 6.98. The number of aromatic hydroxyl groups is 1. The Hall–Kier alpha value is -3.14. The minimum atomic E-state index is 0.0530. The third-order valence-corrected chi connectivity index (χ3v) is 4.79. The van der Waals surface area contributed by atoms with Crippen molar-refractivity contribution in [3.05, 3.63) is 47.2 Å². The number of carbonyl (C=O) groups is 1. The van der Waals surface area contributed by atoms with Crippen molar-refractivity contribution in [2.75, 3.05) is 31.1 Å². The van der Waals surface area contributed by atoms with Crippen molar-refractivity contribution in [1.29, 1.82) is 5.26 Å². The largest absolute Gasteiger partial charge is 0.508 e. The van der Waals surface area contributed by atoms with Gasteiger partial charge in [0.2, 0.25) is 5.91 Å². The molecule has 1 amide bonds. The van der Waals surface area contributed by atoms with Crippen LogP contribution in [0.3, 0.4) is 0 Å². The van der Waals surface area contributed by atoms with Gasteiger partial charge in [0.1, 0.15) is 11.8 Å². The van der Waals surface area contributed by atoms with Gasteiger partial charge in [-0.2, -0.15) is 5.26 Å². The van der Waals surface area contributed by atoms with E-state index in [-0.39, 0.29) is 24.0 Å². The van der Waals surface area contributed by atoms with E-state index in [4.69, 9.17) is 5.26 Å². The number of hydrogen-bond donors (Lipinski definition) is 1. The first-order valence-electron chi connectivity index (χ1n) is 9.06. The van der Waals surface area contributed by atoms with Gasteiger partial charge in [-0.05, 0) is 35.2 Å². The van der Waals surface area contributed by atoms with Crippen molar-refractivity contribution in [2.24, 2.45) is 0 Å². The van der Waals surface area contributed by atoms with Crippen LogP contribution in [0.1, 0.15) is 36.6 Å². The van der Waals surface area contributed by atoms with Crippen LogP contribution >= 0.6 is 0 Å². The summed E-state index contributed by atoms with van der Waals surface area (Å²) >= 11 is 0. The van der Waals surface area contributed by atoms with Crippen molar-refractivity contribution in [3.8, 4) is 11.8 Å². The second kappa shape index (κ2) is 8.04. The van der Waals surface area contributed by atoms with Gasteiger partial charge in [-0.3, -0.25) is 4.79 Å². The molecule has 1 N–H and O–H groups in total. The van der Waals surface area contributed by atoms with Crippen molar-refractivity contribution < 1.29 is 9.90 Å². The zero-order chi connectivity index (χ0) is 19.4. The smallest absolute Gasteiger partial charge is 0.227 e. The fourth-order valence-corrected chi connectivity index (χ4v) is 3.21. The molecule has 2 aromatic rings. The highest BCUT2D eigenvalue weighted by Gasteiger charge is 2.22. The van der Waals surface area contributed by atoms with Gasteiger partial charge in [0, 0.05) is 26.2 Å². The van der Waals surface area contributed by atoms with Gasteiger partial charge in [-0.1, -0.05) is 26.0 Å². The van der Waals surface area contributed by atoms with Crippen LogP contribution in [0, 0.1) is 11.3 Å². The molecule has 0 saturated carbocycles. The number of benzene rings is 1. The Bertz CT molecular complexity index is 850. The number of phenolic OH excluding ortho intramolecular Hbond substituents is 1. The maximum Gasteiger partial charge on any atom is 0.227 e. The lowest BCUT2D eigenvalue weighted by Gasteiger charge is -2.35.